The molecule has 1 aliphatic heterocycles. The summed E-state index contributed by atoms with van der Waals surface area (Å²) in [5.74, 6) is 2.45. The van der Waals surface area contributed by atoms with Crippen molar-refractivity contribution in [2.45, 2.75) is 62.4 Å². The Hall–Kier alpha value is 0.547. The lowest BCUT2D eigenvalue weighted by atomic mass is 10.2. The van der Waals surface area contributed by atoms with Gasteiger partial charge in [-0.1, -0.05) is 20.8 Å². The molecule has 1 heterocycles. The van der Waals surface area contributed by atoms with E-state index in [4.69, 9.17) is 4.43 Å². The first-order valence-corrected chi connectivity index (χ1v) is 11.6. The molecule has 106 valence electrons. The highest BCUT2D eigenvalue weighted by Gasteiger charge is 2.39. The Labute approximate surface area is 121 Å². The zero-order valence-corrected chi connectivity index (χ0v) is 14.8. The van der Waals surface area contributed by atoms with Gasteiger partial charge >= 0.3 is 0 Å². The minimum absolute atomic E-state index is 0.168. The lowest BCUT2D eigenvalue weighted by Crippen LogP contribution is -2.44. The molecular weight excluding hydrogens is 280 g/mol. The van der Waals surface area contributed by atoms with Crippen LogP contribution in [0.1, 0.15) is 33.6 Å². The van der Waals surface area contributed by atoms with Crippen LogP contribution in [0, 0.1) is 0 Å². The average molecular weight is 307 g/mol. The Morgan fingerprint density at radius 1 is 1.33 bits per heavy atom. The van der Waals surface area contributed by atoms with Gasteiger partial charge in [0.1, 0.15) is 12.4 Å². The van der Waals surface area contributed by atoms with E-state index < -0.39 is 8.32 Å². The minimum Gasteiger partial charge on any atom is -0.407 e. The molecule has 0 aromatic heterocycles. The van der Waals surface area contributed by atoms with Gasteiger partial charge in [0, 0.05) is 6.42 Å². The highest BCUT2D eigenvalue weighted by Crippen LogP contribution is 2.39. The Kier molecular flexibility index (Phi) is 6.29. The Morgan fingerprint density at radius 2 is 1.89 bits per heavy atom. The summed E-state index contributed by atoms with van der Waals surface area (Å²) in [5.41, 5.74) is 0. The molecule has 0 N–H and O–H groups in total. The molecule has 0 saturated carbocycles. The van der Waals surface area contributed by atoms with Gasteiger partial charge in [-0.3, -0.25) is 0 Å². The first kappa shape index (κ1) is 16.6. The standard InChI is InChI=1S/C13H26O2S2Si/c1-13(2,3)18(4,5)15-11(10-14)9-12-16-7-6-8-17-12/h10-12H,6-9H2,1-5H3/t11-/m0/s1. The maximum Gasteiger partial charge on any atom is 0.193 e. The van der Waals surface area contributed by atoms with E-state index in [-0.39, 0.29) is 11.1 Å². The lowest BCUT2D eigenvalue weighted by Gasteiger charge is -2.38. The second-order valence-corrected chi connectivity index (χ2v) is 14.0. The molecule has 18 heavy (non-hydrogen) atoms. The molecule has 1 rings (SSSR count). The third-order valence-corrected chi connectivity index (χ3v) is 11.2. The quantitative estimate of drug-likeness (QED) is 0.563. The van der Waals surface area contributed by atoms with Gasteiger partial charge in [-0.2, -0.15) is 0 Å². The minimum atomic E-state index is -1.82. The van der Waals surface area contributed by atoms with Crippen molar-refractivity contribution in [1.29, 1.82) is 0 Å². The largest absolute Gasteiger partial charge is 0.407 e. The van der Waals surface area contributed by atoms with Crippen molar-refractivity contribution in [3.63, 3.8) is 0 Å². The van der Waals surface area contributed by atoms with Crippen LogP contribution in [0.3, 0.4) is 0 Å². The summed E-state index contributed by atoms with van der Waals surface area (Å²) >= 11 is 3.96. The van der Waals surface area contributed by atoms with Gasteiger partial charge < -0.3 is 9.22 Å². The molecule has 0 aromatic rings. The Balaban J connectivity index is 2.53. The summed E-state index contributed by atoms with van der Waals surface area (Å²) in [6.07, 6.45) is 2.95. The van der Waals surface area contributed by atoms with E-state index in [0.29, 0.717) is 4.58 Å². The first-order chi connectivity index (χ1) is 8.26. The maximum atomic E-state index is 11.3. The summed E-state index contributed by atoms with van der Waals surface area (Å²) in [7, 11) is -1.82. The van der Waals surface area contributed by atoms with Gasteiger partial charge in [0.25, 0.3) is 0 Å². The average Bonchev–Trinajstić information content (AvgIpc) is 2.27. The van der Waals surface area contributed by atoms with E-state index in [0.717, 1.165) is 12.7 Å². The molecule has 1 atom stereocenters. The number of hydrogen-bond acceptors (Lipinski definition) is 4. The molecule has 5 heteroatoms. The fourth-order valence-electron chi connectivity index (χ4n) is 1.55. The van der Waals surface area contributed by atoms with Crippen LogP contribution in [0.25, 0.3) is 0 Å². The molecule has 0 radical (unpaired) electrons. The molecule has 0 unspecified atom stereocenters. The summed E-state index contributed by atoms with van der Waals surface area (Å²) in [6.45, 7) is 11.1. The van der Waals surface area contributed by atoms with Crippen molar-refractivity contribution in [2.75, 3.05) is 11.5 Å². The molecule has 1 aliphatic rings. The fourth-order valence-corrected chi connectivity index (χ4v) is 5.76. The number of thioether (sulfide) groups is 2. The number of rotatable bonds is 5. The highest BCUT2D eigenvalue weighted by atomic mass is 32.2. The fraction of sp³-hybridized carbons (Fsp3) is 0.923. The van der Waals surface area contributed by atoms with E-state index in [1.54, 1.807) is 0 Å². The number of hydrogen-bond donors (Lipinski definition) is 0. The molecule has 1 fully saturated rings. The number of carbonyl (C=O) groups excluding carboxylic acids is 1. The van der Waals surface area contributed by atoms with Crippen LogP contribution in [0.4, 0.5) is 0 Å². The van der Waals surface area contributed by atoms with Crippen LogP contribution in [-0.2, 0) is 9.22 Å². The van der Waals surface area contributed by atoms with Crippen molar-refractivity contribution >= 4 is 38.1 Å². The van der Waals surface area contributed by atoms with Crippen molar-refractivity contribution in [2.24, 2.45) is 0 Å². The van der Waals surface area contributed by atoms with Crippen molar-refractivity contribution in [3.05, 3.63) is 0 Å². The van der Waals surface area contributed by atoms with Crippen LogP contribution in [-0.4, -0.2) is 36.8 Å². The van der Waals surface area contributed by atoms with Crippen molar-refractivity contribution in [3.8, 4) is 0 Å². The second-order valence-electron chi connectivity index (χ2n) is 6.31. The topological polar surface area (TPSA) is 26.3 Å². The number of carbonyl (C=O) groups is 1. The predicted octanol–water partition coefficient (Wildman–Crippen LogP) is 4.16. The first-order valence-electron chi connectivity index (χ1n) is 6.62. The van der Waals surface area contributed by atoms with E-state index in [2.05, 4.69) is 33.9 Å². The van der Waals surface area contributed by atoms with Crippen LogP contribution in [0.5, 0.6) is 0 Å². The molecular formula is C13H26O2S2Si. The lowest BCUT2D eigenvalue weighted by molar-refractivity contribution is -0.114. The Morgan fingerprint density at radius 3 is 2.33 bits per heavy atom. The zero-order valence-electron chi connectivity index (χ0n) is 12.2. The molecule has 0 aliphatic carbocycles. The monoisotopic (exact) mass is 306 g/mol. The van der Waals surface area contributed by atoms with Gasteiger partial charge in [-0.25, -0.2) is 0 Å². The van der Waals surface area contributed by atoms with Crippen LogP contribution < -0.4 is 0 Å². The number of aldehydes is 1. The highest BCUT2D eigenvalue weighted by molar-refractivity contribution is 8.17. The van der Waals surface area contributed by atoms with Crippen LogP contribution in [0.15, 0.2) is 0 Å². The zero-order chi connectivity index (χ0) is 13.8. The van der Waals surface area contributed by atoms with E-state index >= 15 is 0 Å². The van der Waals surface area contributed by atoms with Crippen molar-refractivity contribution in [1.82, 2.24) is 0 Å². The third kappa shape index (κ3) is 4.91. The molecule has 1 saturated heterocycles. The van der Waals surface area contributed by atoms with Crippen LogP contribution >= 0.6 is 23.5 Å². The predicted molar refractivity (Wildman–Crippen MR) is 86.1 cm³/mol. The molecule has 2 nitrogen and oxygen atoms in total. The normalized spacial score (nSPS) is 20.7. The van der Waals surface area contributed by atoms with Crippen molar-refractivity contribution < 1.29 is 9.22 Å². The second kappa shape index (κ2) is 6.82. The summed E-state index contributed by atoms with van der Waals surface area (Å²) in [5, 5.41) is 0.168. The van der Waals surface area contributed by atoms with E-state index in [1.807, 2.05) is 23.5 Å². The molecule has 0 amide bonds. The van der Waals surface area contributed by atoms with Gasteiger partial charge in [-0.15, -0.1) is 23.5 Å². The molecule has 0 aromatic carbocycles. The van der Waals surface area contributed by atoms with E-state index in [9.17, 15) is 4.79 Å². The summed E-state index contributed by atoms with van der Waals surface area (Å²) in [6, 6.07) is 0. The maximum absolute atomic E-state index is 11.3. The SMILES string of the molecule is CC(C)(C)[Si](C)(C)O[C@H](C=O)CC1SCCCS1. The molecule has 0 spiro atoms. The van der Waals surface area contributed by atoms with Gasteiger partial charge in [-0.05, 0) is 36.1 Å². The summed E-state index contributed by atoms with van der Waals surface area (Å²) in [4.78, 5) is 11.3. The third-order valence-electron chi connectivity index (χ3n) is 3.72. The Bertz CT molecular complexity index is 271. The van der Waals surface area contributed by atoms with Gasteiger partial charge in [0.2, 0.25) is 0 Å². The van der Waals surface area contributed by atoms with Gasteiger partial charge in [0.05, 0.1) is 4.58 Å². The summed E-state index contributed by atoms with van der Waals surface area (Å²) < 4.78 is 6.74. The van der Waals surface area contributed by atoms with Crippen LogP contribution in [0.2, 0.25) is 18.1 Å². The smallest absolute Gasteiger partial charge is 0.193 e. The van der Waals surface area contributed by atoms with E-state index in [1.165, 1.54) is 17.9 Å². The van der Waals surface area contributed by atoms with Gasteiger partial charge in [0.15, 0.2) is 8.32 Å². The molecule has 0 bridgehead atoms.